The van der Waals surface area contributed by atoms with Crippen molar-refractivity contribution in [2.45, 2.75) is 41.0 Å². The summed E-state index contributed by atoms with van der Waals surface area (Å²) in [7, 11) is 0. The predicted octanol–water partition coefficient (Wildman–Crippen LogP) is 4.56. The van der Waals surface area contributed by atoms with Gasteiger partial charge < -0.3 is 10.5 Å². The first-order chi connectivity index (χ1) is 9.36. The Balaban J connectivity index is 0. The number of aliphatic carboxylic acids is 1. The van der Waals surface area contributed by atoms with E-state index in [-0.39, 0.29) is 5.92 Å². The zero-order valence-corrected chi connectivity index (χ0v) is 13.2. The average molecular weight is 277 g/mol. The second-order valence-corrected chi connectivity index (χ2v) is 4.54. The zero-order valence-electron chi connectivity index (χ0n) is 13.2. The molecule has 0 aliphatic rings. The molecule has 0 aliphatic heterocycles. The fourth-order valence-electron chi connectivity index (χ4n) is 1.19. The molecule has 0 amide bonds. The lowest BCUT2D eigenvalue weighted by molar-refractivity contribution is -0.141. The highest BCUT2D eigenvalue weighted by Gasteiger charge is 2.10. The number of rotatable bonds is 4. The van der Waals surface area contributed by atoms with Gasteiger partial charge in [-0.15, -0.1) is 6.58 Å². The highest BCUT2D eigenvalue weighted by atomic mass is 16.4. The number of benzene rings is 1. The summed E-state index contributed by atoms with van der Waals surface area (Å²) < 4.78 is 0. The molecule has 20 heavy (non-hydrogen) atoms. The maximum Gasteiger partial charge on any atom is 0.306 e. The quantitative estimate of drug-likeness (QED) is 0.626. The molecule has 1 atom stereocenters. The Morgan fingerprint density at radius 3 is 2.00 bits per heavy atom. The van der Waals surface area contributed by atoms with Gasteiger partial charge in [0, 0.05) is 6.21 Å². The van der Waals surface area contributed by atoms with Crippen LogP contribution in [0.1, 0.15) is 45.7 Å². The van der Waals surface area contributed by atoms with E-state index in [4.69, 9.17) is 10.5 Å². The molecule has 0 spiro atoms. The first-order valence-electron chi connectivity index (χ1n) is 6.81. The van der Waals surface area contributed by atoms with Crippen molar-refractivity contribution in [1.82, 2.24) is 0 Å². The smallest absolute Gasteiger partial charge is 0.306 e. The van der Waals surface area contributed by atoms with Crippen LogP contribution in [0.25, 0.3) is 0 Å². The highest BCUT2D eigenvalue weighted by Crippen LogP contribution is 2.09. The van der Waals surface area contributed by atoms with Crippen LogP contribution < -0.4 is 0 Å². The summed E-state index contributed by atoms with van der Waals surface area (Å²) in [6.07, 6.45) is 1.80. The zero-order chi connectivity index (χ0) is 16.1. The molecule has 1 aromatic rings. The maximum atomic E-state index is 10.6. The number of nitrogens with one attached hydrogen (secondary N) is 1. The number of carboxylic acid groups (broad SMARTS) is 1. The Morgan fingerprint density at radius 2 is 1.70 bits per heavy atom. The summed E-state index contributed by atoms with van der Waals surface area (Å²) in [4.78, 5) is 10.6. The Morgan fingerprint density at radius 1 is 1.30 bits per heavy atom. The lowest BCUT2D eigenvalue weighted by Crippen LogP contribution is -2.12. The Kier molecular flexibility index (Phi) is 12.4. The molecule has 0 heterocycles. The molecule has 0 aliphatic carbocycles. The van der Waals surface area contributed by atoms with Crippen LogP contribution in [0.5, 0.6) is 0 Å². The molecule has 0 radical (unpaired) electrons. The van der Waals surface area contributed by atoms with Gasteiger partial charge in [0.2, 0.25) is 0 Å². The van der Waals surface area contributed by atoms with Crippen LogP contribution in [0.4, 0.5) is 0 Å². The van der Waals surface area contributed by atoms with Gasteiger partial charge in [0.05, 0.1) is 5.92 Å². The van der Waals surface area contributed by atoms with Crippen molar-refractivity contribution in [3.05, 3.63) is 47.5 Å². The summed E-state index contributed by atoms with van der Waals surface area (Å²) in [5.41, 5.74) is 2.99. The summed E-state index contributed by atoms with van der Waals surface area (Å²) >= 11 is 0. The van der Waals surface area contributed by atoms with E-state index in [0.29, 0.717) is 6.42 Å². The number of hydrogen-bond acceptors (Lipinski definition) is 2. The highest BCUT2D eigenvalue weighted by molar-refractivity contribution is 5.76. The summed E-state index contributed by atoms with van der Waals surface area (Å²) in [6.45, 7) is 13.2. The third-order valence-electron chi connectivity index (χ3n) is 2.11. The van der Waals surface area contributed by atoms with E-state index in [1.807, 2.05) is 52.0 Å². The second-order valence-electron chi connectivity index (χ2n) is 4.54. The van der Waals surface area contributed by atoms with Gasteiger partial charge in [-0.1, -0.05) is 50.6 Å². The van der Waals surface area contributed by atoms with Gasteiger partial charge >= 0.3 is 5.97 Å². The number of carboxylic acids is 1. The normalized spacial score (nSPS) is 10.1. The maximum absolute atomic E-state index is 10.6. The third kappa shape index (κ3) is 11.2. The molecule has 0 aromatic heterocycles. The summed E-state index contributed by atoms with van der Waals surface area (Å²) in [5.74, 6) is -1.14. The fourth-order valence-corrected chi connectivity index (χ4v) is 1.19. The van der Waals surface area contributed by atoms with E-state index in [2.05, 4.69) is 6.58 Å². The number of carbonyl (C=O) groups is 1. The molecule has 0 saturated heterocycles. The van der Waals surface area contributed by atoms with E-state index in [0.717, 1.165) is 11.1 Å². The molecule has 0 fully saturated rings. The average Bonchev–Trinajstić information content (AvgIpc) is 2.41. The van der Waals surface area contributed by atoms with E-state index in [1.54, 1.807) is 6.92 Å². The molecule has 112 valence electrons. The summed E-state index contributed by atoms with van der Waals surface area (Å²) in [6, 6.07) is 7.35. The van der Waals surface area contributed by atoms with Crippen molar-refractivity contribution in [1.29, 1.82) is 5.41 Å². The molecule has 3 nitrogen and oxygen atoms in total. The van der Waals surface area contributed by atoms with E-state index >= 15 is 0 Å². The lowest BCUT2D eigenvalue weighted by Gasteiger charge is -2.05. The molecule has 0 saturated carbocycles. The van der Waals surface area contributed by atoms with Crippen LogP contribution >= 0.6 is 0 Å². The van der Waals surface area contributed by atoms with Crippen molar-refractivity contribution in [3.63, 3.8) is 0 Å². The Labute approximate surface area is 122 Å². The molecule has 1 rings (SSSR count). The van der Waals surface area contributed by atoms with Crippen molar-refractivity contribution >= 4 is 12.2 Å². The van der Waals surface area contributed by atoms with Crippen LogP contribution in [-0.2, 0) is 11.2 Å². The van der Waals surface area contributed by atoms with Gasteiger partial charge in [0.25, 0.3) is 0 Å². The van der Waals surface area contributed by atoms with E-state index < -0.39 is 5.97 Å². The van der Waals surface area contributed by atoms with Gasteiger partial charge in [-0.2, -0.15) is 0 Å². The minimum absolute atomic E-state index is 0.360. The third-order valence-corrected chi connectivity index (χ3v) is 2.11. The lowest BCUT2D eigenvalue weighted by atomic mass is 10.0. The molecule has 1 aromatic carbocycles. The molecule has 1 unspecified atom stereocenters. The van der Waals surface area contributed by atoms with E-state index in [1.165, 1.54) is 11.8 Å². The monoisotopic (exact) mass is 277 g/mol. The predicted molar refractivity (Wildman–Crippen MR) is 86.7 cm³/mol. The SMILES string of the molecule is C=C(C)C.CC.CC(Cc1ccc(C=N)cc1)C(=O)O. The number of allylic oxidation sites excluding steroid dienone is 1. The van der Waals surface area contributed by atoms with Gasteiger partial charge in [-0.25, -0.2) is 0 Å². The van der Waals surface area contributed by atoms with Gasteiger partial charge in [-0.3, -0.25) is 4.79 Å². The number of hydrogen-bond donors (Lipinski definition) is 2. The first kappa shape index (κ1) is 20.4. The van der Waals surface area contributed by atoms with Crippen molar-refractivity contribution < 1.29 is 9.90 Å². The van der Waals surface area contributed by atoms with Gasteiger partial charge in [-0.05, 0) is 31.4 Å². The topological polar surface area (TPSA) is 61.2 Å². The van der Waals surface area contributed by atoms with Gasteiger partial charge in [0.15, 0.2) is 0 Å². The van der Waals surface area contributed by atoms with Gasteiger partial charge in [0.1, 0.15) is 0 Å². The standard InChI is InChI=1S/C11H13NO2.C4H8.C2H6/c1-8(11(13)14)6-9-2-4-10(7-12)5-3-9;1-4(2)3;1-2/h2-5,7-8,12H,6H2,1H3,(H,13,14);1H2,2-3H3;1-2H3. The molecular weight excluding hydrogens is 250 g/mol. The summed E-state index contributed by atoms with van der Waals surface area (Å²) in [5, 5.41) is 15.7. The fraction of sp³-hybridized carbons (Fsp3) is 0.412. The van der Waals surface area contributed by atoms with Crippen LogP contribution in [0.2, 0.25) is 0 Å². The molecule has 0 bridgehead atoms. The van der Waals surface area contributed by atoms with Crippen LogP contribution in [-0.4, -0.2) is 17.3 Å². The van der Waals surface area contributed by atoms with Crippen molar-refractivity contribution in [2.75, 3.05) is 0 Å². The minimum Gasteiger partial charge on any atom is -0.481 e. The second kappa shape index (κ2) is 12.2. The Hall–Kier alpha value is -1.90. The molecule has 2 N–H and O–H groups in total. The van der Waals surface area contributed by atoms with Crippen molar-refractivity contribution in [3.8, 4) is 0 Å². The van der Waals surface area contributed by atoms with Crippen LogP contribution in [0.3, 0.4) is 0 Å². The van der Waals surface area contributed by atoms with Crippen LogP contribution in [0, 0.1) is 11.3 Å². The Bertz CT molecular complexity index is 404. The molecule has 3 heteroatoms. The first-order valence-corrected chi connectivity index (χ1v) is 6.81. The van der Waals surface area contributed by atoms with Crippen LogP contribution in [0.15, 0.2) is 36.4 Å². The van der Waals surface area contributed by atoms with E-state index in [9.17, 15) is 4.79 Å². The molecular formula is C17H27NO2. The minimum atomic E-state index is -0.777. The largest absolute Gasteiger partial charge is 0.481 e. The van der Waals surface area contributed by atoms with Crippen molar-refractivity contribution in [2.24, 2.45) is 5.92 Å².